The maximum Gasteiger partial charge on any atom is 0.249 e. The molecule has 1 amide bonds. The second-order valence-electron chi connectivity index (χ2n) is 27.8. The Kier molecular flexibility index (Phi) is 65.1. The van der Waals surface area contributed by atoms with Gasteiger partial charge in [-0.1, -0.05) is 345 Å². The van der Waals surface area contributed by atoms with Crippen molar-refractivity contribution in [3.8, 4) is 0 Å². The molecule has 0 aromatic rings. The van der Waals surface area contributed by atoms with Gasteiger partial charge in [-0.25, -0.2) is 0 Å². The van der Waals surface area contributed by atoms with Crippen LogP contribution in [0.15, 0.2) is 48.6 Å². The summed E-state index contributed by atoms with van der Waals surface area (Å²) >= 11 is 0. The van der Waals surface area contributed by atoms with E-state index in [-0.39, 0.29) is 12.8 Å². The fourth-order valence-electron chi connectivity index (χ4n) is 12.8. The minimum absolute atomic E-state index is 0.242. The first-order chi connectivity index (χ1) is 44.7. The number of aliphatic hydroxyl groups is 7. The molecule has 11 nitrogen and oxygen atoms in total. The van der Waals surface area contributed by atoms with E-state index in [1.807, 2.05) is 0 Å². The Morgan fingerprint density at radius 1 is 0.374 bits per heavy atom. The van der Waals surface area contributed by atoms with Crippen LogP contribution in [-0.2, 0) is 14.3 Å². The number of hydrogen-bond donors (Lipinski definition) is 8. The third-order valence-electron chi connectivity index (χ3n) is 19.1. The molecule has 1 aliphatic rings. The quantitative estimate of drug-likeness (QED) is 0.0215. The van der Waals surface area contributed by atoms with Gasteiger partial charge in [0.15, 0.2) is 6.29 Å². The van der Waals surface area contributed by atoms with Gasteiger partial charge in [0.05, 0.1) is 25.4 Å². The van der Waals surface area contributed by atoms with Crippen molar-refractivity contribution in [3.63, 3.8) is 0 Å². The first-order valence-electron chi connectivity index (χ1n) is 39.5. The van der Waals surface area contributed by atoms with E-state index in [2.05, 4.69) is 67.8 Å². The van der Waals surface area contributed by atoms with E-state index >= 15 is 0 Å². The van der Waals surface area contributed by atoms with Gasteiger partial charge in [-0.3, -0.25) is 4.79 Å². The smallest absolute Gasteiger partial charge is 0.249 e. The second kappa shape index (κ2) is 68.0. The summed E-state index contributed by atoms with van der Waals surface area (Å²) in [6.45, 7) is 3.50. The van der Waals surface area contributed by atoms with E-state index in [9.17, 15) is 40.5 Å². The molecular weight excluding hydrogens is 1130 g/mol. The van der Waals surface area contributed by atoms with E-state index in [4.69, 9.17) is 9.47 Å². The molecule has 0 spiro atoms. The monoisotopic (exact) mass is 1290 g/mol. The molecule has 9 atom stereocenters. The van der Waals surface area contributed by atoms with Crippen LogP contribution in [0.1, 0.15) is 386 Å². The number of rotatable bonds is 70. The van der Waals surface area contributed by atoms with Crippen molar-refractivity contribution >= 4 is 5.91 Å². The van der Waals surface area contributed by atoms with Crippen LogP contribution >= 0.6 is 0 Å². The molecule has 0 saturated carbocycles. The lowest BCUT2D eigenvalue weighted by Crippen LogP contribution is -2.60. The Labute approximate surface area is 561 Å². The molecule has 0 aromatic heterocycles. The number of amides is 1. The highest BCUT2D eigenvalue weighted by molar-refractivity contribution is 5.80. The van der Waals surface area contributed by atoms with Gasteiger partial charge in [0.2, 0.25) is 5.91 Å². The number of hydrogen-bond acceptors (Lipinski definition) is 10. The molecule has 0 aromatic carbocycles. The van der Waals surface area contributed by atoms with Crippen LogP contribution in [0.5, 0.6) is 0 Å². The molecule has 8 N–H and O–H groups in total. The minimum atomic E-state index is -1.68. The van der Waals surface area contributed by atoms with E-state index in [0.29, 0.717) is 19.3 Å². The van der Waals surface area contributed by atoms with Crippen molar-refractivity contribution in [3.05, 3.63) is 48.6 Å². The van der Waals surface area contributed by atoms with Crippen molar-refractivity contribution in [2.45, 2.75) is 441 Å². The van der Waals surface area contributed by atoms with Gasteiger partial charge in [0, 0.05) is 0 Å². The second-order valence-corrected chi connectivity index (χ2v) is 27.8. The summed E-state index contributed by atoms with van der Waals surface area (Å²) in [6, 6.07) is -1.20. The number of allylic oxidation sites excluding steroid dienone is 8. The molecule has 1 aliphatic heterocycles. The average molecular weight is 1290 g/mol. The summed E-state index contributed by atoms with van der Waals surface area (Å²) < 4.78 is 11.2. The number of carbonyl (C=O) groups is 1. The number of nitrogens with one attached hydrogen (secondary N) is 1. The lowest BCUT2D eigenvalue weighted by atomic mass is 9.98. The Morgan fingerprint density at radius 2 is 0.659 bits per heavy atom. The normalized spacial score (nSPS) is 18.6. The van der Waals surface area contributed by atoms with Gasteiger partial charge >= 0.3 is 0 Å². The third kappa shape index (κ3) is 54.8. The molecule has 1 rings (SSSR count). The number of carbonyl (C=O) groups excluding carboxylic acids is 1. The highest BCUT2D eigenvalue weighted by atomic mass is 16.7. The van der Waals surface area contributed by atoms with E-state index in [0.717, 1.165) is 44.9 Å². The third-order valence-corrected chi connectivity index (χ3v) is 19.1. The molecule has 91 heavy (non-hydrogen) atoms. The maximum absolute atomic E-state index is 13.3. The van der Waals surface area contributed by atoms with Crippen LogP contribution in [0.2, 0.25) is 0 Å². The van der Waals surface area contributed by atoms with Gasteiger partial charge in [-0.15, -0.1) is 0 Å². The van der Waals surface area contributed by atoms with Crippen molar-refractivity contribution < 1.29 is 50.0 Å². The Morgan fingerprint density at radius 3 is 0.978 bits per heavy atom. The Hall–Kier alpha value is -1.93. The van der Waals surface area contributed by atoms with Crippen LogP contribution < -0.4 is 5.32 Å². The number of aliphatic hydroxyl groups excluding tert-OH is 7. The fourth-order valence-corrected chi connectivity index (χ4v) is 12.8. The fraction of sp³-hybridized carbons (Fsp3) is 0.887. The molecule has 536 valence electrons. The van der Waals surface area contributed by atoms with E-state index < -0.39 is 74.2 Å². The van der Waals surface area contributed by atoms with Crippen molar-refractivity contribution in [1.82, 2.24) is 5.32 Å². The maximum atomic E-state index is 13.3. The Balaban J connectivity index is 2.15. The summed E-state index contributed by atoms with van der Waals surface area (Å²) in [5.74, 6) is -0.707. The van der Waals surface area contributed by atoms with Crippen molar-refractivity contribution in [1.29, 1.82) is 0 Å². The highest BCUT2D eigenvalue weighted by Crippen LogP contribution is 2.24. The molecular formula is C80H151NO10. The number of ether oxygens (including phenoxy) is 2. The standard InChI is InChI=1S/C80H151NO10/c1-3-5-7-9-11-13-15-17-19-21-23-25-27-29-31-32-33-34-35-36-37-38-39-40-41-42-44-46-48-50-52-54-56-58-60-62-64-66-68-73(84)79(89)81-71(70-90-80-78(88)77(87)76(86)74(69-82)91-80)75(85)72(83)67-65-63-61-59-57-55-53-51-49-47-45-43-30-28-26-24-22-20-18-16-14-12-10-8-6-4-2/h36-37,43,45,51,53,59,61,71-78,80,82-88H,3-35,38-42,44,46-50,52,54-58,60,62-70H2,1-2H3,(H,81,89)/b37-36-,45-43+,53-51+,61-59+. The first kappa shape index (κ1) is 87.1. The predicted octanol–water partition coefficient (Wildman–Crippen LogP) is 20.3. The zero-order valence-corrected chi connectivity index (χ0v) is 59.6. The van der Waals surface area contributed by atoms with E-state index in [1.54, 1.807) is 0 Å². The van der Waals surface area contributed by atoms with Gasteiger partial charge in [0.1, 0.15) is 36.6 Å². The molecule has 11 heteroatoms. The van der Waals surface area contributed by atoms with Gasteiger partial charge in [0.25, 0.3) is 0 Å². The summed E-state index contributed by atoms with van der Waals surface area (Å²) in [5.41, 5.74) is 0. The van der Waals surface area contributed by atoms with Crippen LogP contribution in [0.3, 0.4) is 0 Å². The lowest BCUT2D eigenvalue weighted by molar-refractivity contribution is -0.303. The molecule has 1 fully saturated rings. The summed E-state index contributed by atoms with van der Waals surface area (Å²) in [6.07, 6.45) is 79.5. The Bertz CT molecular complexity index is 1620. The number of unbranched alkanes of at least 4 members (excludes halogenated alkanes) is 50. The molecule has 0 aliphatic carbocycles. The van der Waals surface area contributed by atoms with Gasteiger partial charge in [-0.05, 0) is 89.9 Å². The highest BCUT2D eigenvalue weighted by Gasteiger charge is 2.44. The predicted molar refractivity (Wildman–Crippen MR) is 385 cm³/mol. The van der Waals surface area contributed by atoms with Gasteiger partial charge in [-0.2, -0.15) is 0 Å². The largest absolute Gasteiger partial charge is 0.394 e. The summed E-state index contributed by atoms with van der Waals surface area (Å²) in [5, 5.41) is 76.6. The van der Waals surface area contributed by atoms with Crippen LogP contribution in [0.25, 0.3) is 0 Å². The average Bonchev–Trinajstić information content (AvgIpc) is 1.21. The molecule has 1 saturated heterocycles. The van der Waals surface area contributed by atoms with E-state index in [1.165, 1.54) is 295 Å². The zero-order chi connectivity index (χ0) is 66.0. The lowest BCUT2D eigenvalue weighted by Gasteiger charge is -2.40. The van der Waals surface area contributed by atoms with Gasteiger partial charge < -0.3 is 50.5 Å². The van der Waals surface area contributed by atoms with Crippen molar-refractivity contribution in [2.24, 2.45) is 0 Å². The molecule has 0 bridgehead atoms. The molecule has 1 heterocycles. The SMILES string of the molecule is CCCCCCCCCCCCCCC/C=C/CC/C=C/CC/C=C/CCCC(O)C(O)C(COC1OC(CO)C(O)C(O)C1O)NC(=O)C(O)CCCCCCCCCCCCCCCCCC/C=C\CCCCCCCCCCCCCCCCCCCC. The van der Waals surface area contributed by atoms with Crippen molar-refractivity contribution in [2.75, 3.05) is 13.2 Å². The summed E-state index contributed by atoms with van der Waals surface area (Å²) in [7, 11) is 0. The van der Waals surface area contributed by atoms with Crippen LogP contribution in [-0.4, -0.2) is 110 Å². The van der Waals surface area contributed by atoms with Crippen LogP contribution in [0.4, 0.5) is 0 Å². The molecule has 0 radical (unpaired) electrons. The first-order valence-corrected chi connectivity index (χ1v) is 39.5. The molecule has 9 unspecified atom stereocenters. The topological polar surface area (TPSA) is 189 Å². The summed E-state index contributed by atoms with van der Waals surface area (Å²) in [4.78, 5) is 13.3. The van der Waals surface area contributed by atoms with Crippen LogP contribution in [0, 0.1) is 0 Å². The zero-order valence-electron chi connectivity index (χ0n) is 59.6. The minimum Gasteiger partial charge on any atom is -0.394 e.